The number of rotatable bonds is 2. The molecule has 0 saturated carbocycles. The Labute approximate surface area is 127 Å². The van der Waals surface area contributed by atoms with Crippen molar-refractivity contribution in [3.8, 4) is 0 Å². The van der Waals surface area contributed by atoms with E-state index >= 15 is 0 Å². The Morgan fingerprint density at radius 1 is 1.24 bits per heavy atom. The summed E-state index contributed by atoms with van der Waals surface area (Å²) in [6.45, 7) is 11.2. The van der Waals surface area contributed by atoms with Crippen LogP contribution in [0.25, 0.3) is 10.9 Å². The van der Waals surface area contributed by atoms with E-state index in [4.69, 9.17) is 0 Å². The molecule has 3 heteroatoms. The Hall–Kier alpha value is -1.45. The van der Waals surface area contributed by atoms with Crippen LogP contribution in [-0.2, 0) is 6.54 Å². The molecule has 0 aliphatic carbocycles. The third-order valence-corrected chi connectivity index (χ3v) is 4.44. The number of hydrogen-bond acceptors (Lipinski definition) is 3. The Morgan fingerprint density at radius 3 is 2.86 bits per heavy atom. The Kier molecular flexibility index (Phi) is 3.96. The fourth-order valence-electron chi connectivity index (χ4n) is 3.30. The van der Waals surface area contributed by atoms with Crippen molar-refractivity contribution in [3.05, 3.63) is 42.1 Å². The summed E-state index contributed by atoms with van der Waals surface area (Å²) < 4.78 is 0. The molecule has 0 spiro atoms. The fraction of sp³-hybridized carbons (Fsp3) is 0.500. The number of nitrogens with one attached hydrogen (secondary N) is 1. The van der Waals surface area contributed by atoms with E-state index in [0.717, 1.165) is 31.7 Å². The molecule has 2 aromatic rings. The van der Waals surface area contributed by atoms with Crippen molar-refractivity contribution in [2.75, 3.05) is 19.6 Å². The Morgan fingerprint density at radius 2 is 2.05 bits per heavy atom. The van der Waals surface area contributed by atoms with Gasteiger partial charge in [-0.1, -0.05) is 45.0 Å². The summed E-state index contributed by atoms with van der Waals surface area (Å²) in [7, 11) is 0. The van der Waals surface area contributed by atoms with E-state index in [1.54, 1.807) is 0 Å². The summed E-state index contributed by atoms with van der Waals surface area (Å²) in [6, 6.07) is 11.2. The Bertz CT molecular complexity index is 610. The summed E-state index contributed by atoms with van der Waals surface area (Å²) in [5, 5.41) is 4.77. The van der Waals surface area contributed by atoms with Gasteiger partial charge in [0.2, 0.25) is 0 Å². The zero-order valence-corrected chi connectivity index (χ0v) is 13.3. The molecular formula is C18H25N3. The summed E-state index contributed by atoms with van der Waals surface area (Å²) in [5.74, 6) is 0. The van der Waals surface area contributed by atoms with Gasteiger partial charge in [-0.25, -0.2) is 0 Å². The average molecular weight is 283 g/mol. The molecule has 1 atom stereocenters. The van der Waals surface area contributed by atoms with Crippen molar-refractivity contribution in [1.82, 2.24) is 15.2 Å². The molecule has 1 aromatic carbocycles. The van der Waals surface area contributed by atoms with Crippen LogP contribution in [0.2, 0.25) is 0 Å². The maximum Gasteiger partial charge on any atom is 0.0746 e. The molecule has 21 heavy (non-hydrogen) atoms. The van der Waals surface area contributed by atoms with Gasteiger partial charge in [-0.05, 0) is 17.0 Å². The minimum absolute atomic E-state index is 0.283. The Balaban J connectivity index is 1.90. The van der Waals surface area contributed by atoms with E-state index in [2.05, 4.69) is 60.2 Å². The number of aromatic nitrogens is 1. The van der Waals surface area contributed by atoms with E-state index in [1.807, 2.05) is 12.3 Å². The molecule has 0 amide bonds. The van der Waals surface area contributed by atoms with Crippen LogP contribution in [0.15, 0.2) is 36.5 Å². The lowest BCUT2D eigenvalue weighted by atomic mass is 9.84. The summed E-state index contributed by atoms with van der Waals surface area (Å²) >= 11 is 0. The molecule has 1 aliphatic heterocycles. The molecular weight excluding hydrogens is 258 g/mol. The first-order valence-electron chi connectivity index (χ1n) is 7.83. The quantitative estimate of drug-likeness (QED) is 0.918. The van der Waals surface area contributed by atoms with E-state index in [1.165, 1.54) is 10.9 Å². The maximum absolute atomic E-state index is 4.59. The monoisotopic (exact) mass is 283 g/mol. The van der Waals surface area contributed by atoms with Crippen LogP contribution in [-0.4, -0.2) is 35.6 Å². The predicted molar refractivity (Wildman–Crippen MR) is 88.3 cm³/mol. The number of para-hydroxylation sites is 1. The molecule has 1 saturated heterocycles. The van der Waals surface area contributed by atoms with Crippen molar-refractivity contribution in [2.24, 2.45) is 5.41 Å². The van der Waals surface area contributed by atoms with E-state index in [9.17, 15) is 0 Å². The number of fused-ring (bicyclic) bond motifs is 1. The van der Waals surface area contributed by atoms with Crippen molar-refractivity contribution >= 4 is 10.9 Å². The second-order valence-electron chi connectivity index (χ2n) is 7.05. The van der Waals surface area contributed by atoms with Gasteiger partial charge in [0.05, 0.1) is 5.52 Å². The highest BCUT2D eigenvalue weighted by Crippen LogP contribution is 2.28. The summed E-state index contributed by atoms with van der Waals surface area (Å²) in [6.07, 6.45) is 1.89. The largest absolute Gasteiger partial charge is 0.314 e. The van der Waals surface area contributed by atoms with Crippen molar-refractivity contribution < 1.29 is 0 Å². The highest BCUT2D eigenvalue weighted by Gasteiger charge is 2.32. The normalized spacial score (nSPS) is 20.8. The number of benzene rings is 1. The zero-order chi connectivity index (χ0) is 14.9. The van der Waals surface area contributed by atoms with Gasteiger partial charge in [0.25, 0.3) is 0 Å². The van der Waals surface area contributed by atoms with Crippen LogP contribution in [0.1, 0.15) is 26.3 Å². The minimum Gasteiger partial charge on any atom is -0.314 e. The van der Waals surface area contributed by atoms with Crippen molar-refractivity contribution in [2.45, 2.75) is 33.4 Å². The zero-order valence-electron chi connectivity index (χ0n) is 13.3. The van der Waals surface area contributed by atoms with E-state index in [-0.39, 0.29) is 5.41 Å². The first-order chi connectivity index (χ1) is 10.1. The lowest BCUT2D eigenvalue weighted by molar-refractivity contribution is 0.0692. The van der Waals surface area contributed by atoms with Gasteiger partial charge in [-0.3, -0.25) is 9.88 Å². The third kappa shape index (κ3) is 3.09. The number of nitrogens with zero attached hydrogens (tertiary/aromatic N) is 2. The third-order valence-electron chi connectivity index (χ3n) is 4.44. The number of hydrogen-bond donors (Lipinski definition) is 1. The maximum atomic E-state index is 4.59. The highest BCUT2D eigenvalue weighted by atomic mass is 15.2. The molecule has 2 heterocycles. The summed E-state index contributed by atoms with van der Waals surface area (Å²) in [4.78, 5) is 7.20. The van der Waals surface area contributed by atoms with E-state index in [0.29, 0.717) is 6.04 Å². The first kappa shape index (κ1) is 14.5. The standard InChI is InChI=1S/C18H25N3/c1-18(2,3)16-12-19-10-11-21(16)13-15-7-4-6-14-8-5-9-20-17(14)15/h4-9,16,19H,10-13H2,1-3H3. The van der Waals surface area contributed by atoms with Gasteiger partial charge in [0, 0.05) is 43.8 Å². The summed E-state index contributed by atoms with van der Waals surface area (Å²) in [5.41, 5.74) is 2.77. The van der Waals surface area contributed by atoms with Crippen molar-refractivity contribution in [1.29, 1.82) is 0 Å². The van der Waals surface area contributed by atoms with Crippen molar-refractivity contribution in [3.63, 3.8) is 0 Å². The minimum atomic E-state index is 0.283. The molecule has 1 aliphatic rings. The molecule has 1 aromatic heterocycles. The van der Waals surface area contributed by atoms with Gasteiger partial charge >= 0.3 is 0 Å². The van der Waals surface area contributed by atoms with Crippen LogP contribution in [0.5, 0.6) is 0 Å². The van der Waals surface area contributed by atoms with Gasteiger partial charge in [0.15, 0.2) is 0 Å². The highest BCUT2D eigenvalue weighted by molar-refractivity contribution is 5.81. The van der Waals surface area contributed by atoms with Gasteiger partial charge < -0.3 is 5.32 Å². The lowest BCUT2D eigenvalue weighted by Crippen LogP contribution is -2.56. The second-order valence-corrected chi connectivity index (χ2v) is 7.05. The SMILES string of the molecule is CC(C)(C)C1CNCCN1Cc1cccc2cccnc12. The molecule has 1 N–H and O–H groups in total. The van der Waals surface area contributed by atoms with E-state index < -0.39 is 0 Å². The van der Waals surface area contributed by atoms with Gasteiger partial charge in [-0.2, -0.15) is 0 Å². The molecule has 1 fully saturated rings. The fourth-order valence-corrected chi connectivity index (χ4v) is 3.30. The molecule has 0 radical (unpaired) electrons. The molecule has 3 nitrogen and oxygen atoms in total. The van der Waals surface area contributed by atoms with Crippen LogP contribution >= 0.6 is 0 Å². The predicted octanol–water partition coefficient (Wildman–Crippen LogP) is 3.05. The first-order valence-corrected chi connectivity index (χ1v) is 7.83. The van der Waals surface area contributed by atoms with Gasteiger partial charge in [0.1, 0.15) is 0 Å². The van der Waals surface area contributed by atoms with Crippen LogP contribution in [0.3, 0.4) is 0 Å². The molecule has 112 valence electrons. The molecule has 1 unspecified atom stereocenters. The van der Waals surface area contributed by atoms with Crippen LogP contribution < -0.4 is 5.32 Å². The average Bonchev–Trinajstić information content (AvgIpc) is 2.47. The second kappa shape index (κ2) is 5.74. The van der Waals surface area contributed by atoms with Gasteiger partial charge in [-0.15, -0.1) is 0 Å². The number of piperazine rings is 1. The van der Waals surface area contributed by atoms with Crippen LogP contribution in [0, 0.1) is 5.41 Å². The lowest BCUT2D eigenvalue weighted by Gasteiger charge is -2.43. The van der Waals surface area contributed by atoms with Crippen LogP contribution in [0.4, 0.5) is 0 Å². The topological polar surface area (TPSA) is 28.2 Å². The molecule has 0 bridgehead atoms. The number of pyridine rings is 1. The smallest absolute Gasteiger partial charge is 0.0746 e. The molecule has 3 rings (SSSR count).